The second kappa shape index (κ2) is 11.4. The van der Waals surface area contributed by atoms with Crippen LogP contribution >= 0.6 is 0 Å². The summed E-state index contributed by atoms with van der Waals surface area (Å²) in [5.41, 5.74) is 0.196. The van der Waals surface area contributed by atoms with Crippen molar-refractivity contribution in [3.8, 4) is 29.6 Å². The number of hydrogen-bond acceptors (Lipinski definition) is 8. The molecular weight excluding hydrogens is 559 g/mol. The molecule has 3 aromatic heterocycles. The topological polar surface area (TPSA) is 97.2 Å². The molecule has 43 heavy (non-hydrogen) atoms. The molecular formula is C31H22F3N7O2. The number of ether oxygens (including phenoxy) is 1. The highest BCUT2D eigenvalue weighted by Crippen LogP contribution is 2.36. The summed E-state index contributed by atoms with van der Waals surface area (Å²) in [5, 5.41) is 1.29. The van der Waals surface area contributed by atoms with Gasteiger partial charge >= 0.3 is 6.01 Å². The summed E-state index contributed by atoms with van der Waals surface area (Å²) >= 11 is 0. The Morgan fingerprint density at radius 2 is 1.79 bits per heavy atom. The van der Waals surface area contributed by atoms with Gasteiger partial charge in [-0.05, 0) is 17.5 Å². The number of benzene rings is 2. The number of aromatic nitrogens is 5. The van der Waals surface area contributed by atoms with Crippen molar-refractivity contribution in [2.45, 2.75) is 0 Å². The molecule has 1 aliphatic rings. The molecule has 1 aliphatic heterocycles. The van der Waals surface area contributed by atoms with Crippen molar-refractivity contribution in [2.24, 2.45) is 0 Å². The summed E-state index contributed by atoms with van der Waals surface area (Å²) < 4.78 is 50.7. The van der Waals surface area contributed by atoms with Crippen LogP contribution in [0.1, 0.15) is 11.4 Å². The summed E-state index contributed by atoms with van der Waals surface area (Å²) in [6, 6.07) is 9.42. The fourth-order valence-corrected chi connectivity index (χ4v) is 5.07. The van der Waals surface area contributed by atoms with Gasteiger partial charge in [0.05, 0.1) is 18.1 Å². The minimum Gasteiger partial charge on any atom is -0.467 e. The molecule has 9 nitrogen and oxygen atoms in total. The monoisotopic (exact) mass is 581 g/mol. The number of pyridine rings is 1. The number of piperazine rings is 1. The standard InChI is InChI=1S/C31H22F3N7O2/c1-3-19-22(32)9-8-18-6-4-7-20(25(18)19)27-26(34)28-21(17-37-27)29(39-31(38-28)43-2)40-12-14-41(15-13-40)30(42)23(33)16-24-35-10-5-11-36-24/h1,4-11,16-17H,12-15H2,2H3/b23-16-. The van der Waals surface area contributed by atoms with E-state index < -0.39 is 23.4 Å². The van der Waals surface area contributed by atoms with Crippen molar-refractivity contribution < 1.29 is 22.7 Å². The molecule has 0 atom stereocenters. The molecule has 2 aromatic carbocycles. The Morgan fingerprint density at radius 1 is 1.02 bits per heavy atom. The Kier molecular flexibility index (Phi) is 7.29. The highest BCUT2D eigenvalue weighted by Gasteiger charge is 2.28. The molecule has 5 aromatic rings. The second-order valence-corrected chi connectivity index (χ2v) is 9.57. The fourth-order valence-electron chi connectivity index (χ4n) is 5.07. The highest BCUT2D eigenvalue weighted by atomic mass is 19.1. The zero-order valence-electron chi connectivity index (χ0n) is 22.8. The Labute approximate surface area is 243 Å². The maximum Gasteiger partial charge on any atom is 0.318 e. The Morgan fingerprint density at radius 3 is 2.51 bits per heavy atom. The minimum atomic E-state index is -0.978. The van der Waals surface area contributed by atoms with Gasteiger partial charge in [0, 0.05) is 61.8 Å². The van der Waals surface area contributed by atoms with E-state index in [1.165, 1.54) is 36.7 Å². The van der Waals surface area contributed by atoms with E-state index in [4.69, 9.17) is 11.2 Å². The van der Waals surface area contributed by atoms with E-state index in [1.807, 2.05) is 4.90 Å². The van der Waals surface area contributed by atoms with E-state index in [0.29, 0.717) is 27.5 Å². The van der Waals surface area contributed by atoms with Crippen LogP contribution in [-0.4, -0.2) is 69.0 Å². The maximum atomic E-state index is 16.2. The first kappa shape index (κ1) is 27.6. The van der Waals surface area contributed by atoms with Crippen molar-refractivity contribution >= 4 is 39.5 Å². The first-order chi connectivity index (χ1) is 20.9. The second-order valence-electron chi connectivity index (χ2n) is 9.57. The van der Waals surface area contributed by atoms with Crippen LogP contribution in [0, 0.1) is 24.0 Å². The summed E-state index contributed by atoms with van der Waals surface area (Å²) in [4.78, 5) is 36.8. The Balaban J connectivity index is 1.34. The lowest BCUT2D eigenvalue weighted by Gasteiger charge is -2.35. The van der Waals surface area contributed by atoms with E-state index in [1.54, 1.807) is 30.3 Å². The van der Waals surface area contributed by atoms with Gasteiger partial charge in [0.2, 0.25) is 0 Å². The van der Waals surface area contributed by atoms with Crippen molar-refractivity contribution in [3.63, 3.8) is 0 Å². The smallest absolute Gasteiger partial charge is 0.318 e. The first-order valence-electron chi connectivity index (χ1n) is 13.2. The number of rotatable bonds is 5. The van der Waals surface area contributed by atoms with E-state index in [-0.39, 0.29) is 54.8 Å². The van der Waals surface area contributed by atoms with Crippen LogP contribution < -0.4 is 9.64 Å². The number of carbonyl (C=O) groups is 1. The van der Waals surface area contributed by atoms with Gasteiger partial charge in [-0.25, -0.2) is 23.1 Å². The molecule has 12 heteroatoms. The molecule has 0 aliphatic carbocycles. The number of amides is 1. The summed E-state index contributed by atoms with van der Waals surface area (Å²) in [6.07, 6.45) is 10.9. The van der Waals surface area contributed by atoms with Gasteiger partial charge in [-0.15, -0.1) is 6.42 Å². The lowest BCUT2D eigenvalue weighted by atomic mass is 9.96. The summed E-state index contributed by atoms with van der Waals surface area (Å²) in [7, 11) is 1.36. The molecule has 214 valence electrons. The molecule has 0 radical (unpaired) electrons. The Hall–Kier alpha value is -5.57. The molecule has 1 saturated heterocycles. The molecule has 1 fully saturated rings. The molecule has 1 amide bonds. The lowest BCUT2D eigenvalue weighted by molar-refractivity contribution is -0.128. The van der Waals surface area contributed by atoms with E-state index in [0.717, 1.165) is 6.08 Å². The largest absolute Gasteiger partial charge is 0.467 e. The number of halogens is 3. The van der Waals surface area contributed by atoms with Crippen LogP contribution in [0.25, 0.3) is 39.0 Å². The van der Waals surface area contributed by atoms with Gasteiger partial charge in [-0.3, -0.25) is 9.78 Å². The van der Waals surface area contributed by atoms with Crippen molar-refractivity contribution in [1.82, 2.24) is 29.8 Å². The van der Waals surface area contributed by atoms with Gasteiger partial charge < -0.3 is 14.5 Å². The third-order valence-electron chi connectivity index (χ3n) is 7.13. The molecule has 4 heterocycles. The maximum absolute atomic E-state index is 16.2. The number of anilines is 1. The quantitative estimate of drug-likeness (QED) is 0.220. The SMILES string of the molecule is C#Cc1c(F)ccc2cccc(-c3ncc4c(N5CCN(C(=O)/C(F)=C/c6ncccn6)CC5)nc(OC)nc4c3F)c12. The number of hydrogen-bond donors (Lipinski definition) is 0. The molecule has 6 rings (SSSR count). The molecule has 0 bridgehead atoms. The summed E-state index contributed by atoms with van der Waals surface area (Å²) in [6.45, 7) is 0.892. The Bertz CT molecular complexity index is 1950. The van der Waals surface area contributed by atoms with Crippen LogP contribution in [0.5, 0.6) is 6.01 Å². The summed E-state index contributed by atoms with van der Waals surface area (Å²) in [5.74, 6) is -0.328. The van der Waals surface area contributed by atoms with Gasteiger partial charge in [0.25, 0.3) is 5.91 Å². The van der Waals surface area contributed by atoms with Crippen molar-refractivity contribution in [3.05, 3.63) is 83.8 Å². The van der Waals surface area contributed by atoms with Gasteiger partial charge in [-0.2, -0.15) is 9.97 Å². The highest BCUT2D eigenvalue weighted by molar-refractivity contribution is 6.02. The number of carbonyl (C=O) groups excluding carboxylic acids is 1. The fraction of sp³-hybridized carbons (Fsp3) is 0.161. The third kappa shape index (κ3) is 5.05. The molecule has 0 unspecified atom stereocenters. The zero-order valence-corrected chi connectivity index (χ0v) is 22.8. The van der Waals surface area contributed by atoms with E-state index in [2.05, 4.69) is 30.8 Å². The predicted molar refractivity (Wildman–Crippen MR) is 155 cm³/mol. The lowest BCUT2D eigenvalue weighted by Crippen LogP contribution is -2.49. The normalized spacial score (nSPS) is 13.8. The zero-order chi connectivity index (χ0) is 30.1. The number of fused-ring (bicyclic) bond motifs is 2. The van der Waals surface area contributed by atoms with Crippen molar-refractivity contribution in [2.75, 3.05) is 38.2 Å². The predicted octanol–water partition coefficient (Wildman–Crippen LogP) is 4.56. The molecule has 0 spiro atoms. The van der Waals surface area contributed by atoms with Gasteiger partial charge in [0.1, 0.15) is 22.8 Å². The molecule has 0 N–H and O–H groups in total. The average Bonchev–Trinajstić information content (AvgIpc) is 3.04. The number of terminal acetylenes is 1. The van der Waals surface area contributed by atoms with E-state index in [9.17, 15) is 13.6 Å². The van der Waals surface area contributed by atoms with Crippen LogP contribution in [0.3, 0.4) is 0 Å². The van der Waals surface area contributed by atoms with Crippen LogP contribution in [-0.2, 0) is 4.79 Å². The average molecular weight is 582 g/mol. The molecule has 0 saturated carbocycles. The van der Waals surface area contributed by atoms with Gasteiger partial charge in [0.15, 0.2) is 17.5 Å². The van der Waals surface area contributed by atoms with Crippen molar-refractivity contribution in [1.29, 1.82) is 0 Å². The van der Waals surface area contributed by atoms with Gasteiger partial charge in [-0.1, -0.05) is 30.2 Å². The third-order valence-corrected chi connectivity index (χ3v) is 7.13. The van der Waals surface area contributed by atoms with Crippen LogP contribution in [0.4, 0.5) is 19.0 Å². The number of methoxy groups -OCH3 is 1. The minimum absolute atomic E-state index is 0.00495. The van der Waals surface area contributed by atoms with Crippen LogP contribution in [0.2, 0.25) is 0 Å². The first-order valence-corrected chi connectivity index (χ1v) is 13.2. The van der Waals surface area contributed by atoms with E-state index >= 15 is 4.39 Å². The number of nitrogens with zero attached hydrogens (tertiary/aromatic N) is 7. The van der Waals surface area contributed by atoms with Crippen LogP contribution in [0.15, 0.2) is 60.8 Å².